The Morgan fingerprint density at radius 3 is 2.56 bits per heavy atom. The van der Waals surface area contributed by atoms with Crippen LogP contribution in [0.15, 0.2) is 0 Å². The summed E-state index contributed by atoms with van der Waals surface area (Å²) in [5.74, 6) is 0.886. The maximum Gasteiger partial charge on any atom is 0.00387 e. The largest absolute Gasteiger partial charge is 0.316 e. The molecule has 1 aliphatic heterocycles. The molecule has 0 aromatic rings. The second-order valence-corrected chi connectivity index (χ2v) is 6.22. The van der Waals surface area contributed by atoms with Crippen molar-refractivity contribution in [3.05, 3.63) is 0 Å². The number of rotatable bonds is 9. The Bertz CT molecular complexity index is 186. The average molecular weight is 254 g/mol. The molecule has 0 spiro atoms. The van der Waals surface area contributed by atoms with Gasteiger partial charge in [-0.3, -0.25) is 0 Å². The molecule has 0 radical (unpaired) electrons. The van der Waals surface area contributed by atoms with Crippen molar-refractivity contribution in [3.8, 4) is 0 Å². The summed E-state index contributed by atoms with van der Waals surface area (Å²) in [6, 6.07) is 0.707. The minimum Gasteiger partial charge on any atom is -0.316 e. The first-order valence-electron chi connectivity index (χ1n) is 8.18. The van der Waals surface area contributed by atoms with E-state index < -0.39 is 0 Å². The molecule has 1 aliphatic rings. The highest BCUT2D eigenvalue weighted by atomic mass is 15.1. The number of nitrogens with zero attached hydrogens (tertiary/aromatic N) is 1. The zero-order valence-electron chi connectivity index (χ0n) is 12.9. The quantitative estimate of drug-likeness (QED) is 0.632. The van der Waals surface area contributed by atoms with E-state index in [9.17, 15) is 0 Å². The smallest absolute Gasteiger partial charge is 0.00387 e. The van der Waals surface area contributed by atoms with Gasteiger partial charge in [-0.2, -0.15) is 0 Å². The fourth-order valence-corrected chi connectivity index (χ4v) is 2.89. The predicted octanol–water partition coefficient (Wildman–Crippen LogP) is 3.67. The molecule has 0 amide bonds. The summed E-state index contributed by atoms with van der Waals surface area (Å²) >= 11 is 0. The molecule has 18 heavy (non-hydrogen) atoms. The average Bonchev–Trinajstić information content (AvgIpc) is 2.38. The molecular formula is C16H34N2. The Morgan fingerprint density at radius 1 is 1.17 bits per heavy atom. The Morgan fingerprint density at radius 2 is 1.94 bits per heavy atom. The van der Waals surface area contributed by atoms with Gasteiger partial charge in [-0.1, -0.05) is 32.6 Å². The van der Waals surface area contributed by atoms with Gasteiger partial charge in [0, 0.05) is 12.6 Å². The van der Waals surface area contributed by atoms with Crippen LogP contribution < -0.4 is 5.32 Å². The van der Waals surface area contributed by atoms with Gasteiger partial charge in [-0.25, -0.2) is 0 Å². The Labute approximate surface area is 115 Å². The first-order chi connectivity index (χ1) is 8.74. The minimum atomic E-state index is 0.707. The number of hydrogen-bond acceptors (Lipinski definition) is 2. The zero-order chi connectivity index (χ0) is 13.2. The molecule has 1 N–H and O–H groups in total. The number of unbranched alkanes of at least 4 members (excludes halogenated alkanes) is 4. The fourth-order valence-electron chi connectivity index (χ4n) is 2.89. The van der Waals surface area contributed by atoms with E-state index >= 15 is 0 Å². The van der Waals surface area contributed by atoms with E-state index in [0.29, 0.717) is 6.04 Å². The van der Waals surface area contributed by atoms with E-state index in [2.05, 4.69) is 31.0 Å². The Balaban J connectivity index is 2.17. The molecule has 2 heteroatoms. The first kappa shape index (κ1) is 16.0. The van der Waals surface area contributed by atoms with Crippen LogP contribution in [-0.2, 0) is 0 Å². The van der Waals surface area contributed by atoms with Crippen molar-refractivity contribution in [3.63, 3.8) is 0 Å². The van der Waals surface area contributed by atoms with Crippen LogP contribution in [0.3, 0.4) is 0 Å². The maximum absolute atomic E-state index is 3.54. The van der Waals surface area contributed by atoms with Gasteiger partial charge in [0.1, 0.15) is 0 Å². The summed E-state index contributed by atoms with van der Waals surface area (Å²) in [4.78, 5) is 2.70. The Kier molecular flexibility index (Phi) is 8.70. The SMILES string of the molecule is CCCCCCCN(CC1CCCNC1)C(C)C. The van der Waals surface area contributed by atoms with E-state index in [0.717, 1.165) is 5.92 Å². The van der Waals surface area contributed by atoms with Gasteiger partial charge in [0.05, 0.1) is 0 Å². The van der Waals surface area contributed by atoms with Crippen LogP contribution in [0.2, 0.25) is 0 Å². The van der Waals surface area contributed by atoms with Gasteiger partial charge < -0.3 is 10.2 Å². The third-order valence-electron chi connectivity index (χ3n) is 4.17. The lowest BCUT2D eigenvalue weighted by Crippen LogP contribution is -2.41. The van der Waals surface area contributed by atoms with Crippen LogP contribution in [0.25, 0.3) is 0 Å². The molecule has 0 aromatic heterocycles. The molecule has 0 aliphatic carbocycles. The summed E-state index contributed by atoms with van der Waals surface area (Å²) in [7, 11) is 0. The third-order valence-corrected chi connectivity index (χ3v) is 4.17. The molecule has 0 saturated carbocycles. The lowest BCUT2D eigenvalue weighted by molar-refractivity contribution is 0.168. The van der Waals surface area contributed by atoms with Crippen molar-refractivity contribution < 1.29 is 0 Å². The van der Waals surface area contributed by atoms with Gasteiger partial charge in [-0.05, 0) is 58.7 Å². The predicted molar refractivity (Wildman–Crippen MR) is 81.1 cm³/mol. The number of nitrogens with one attached hydrogen (secondary N) is 1. The topological polar surface area (TPSA) is 15.3 Å². The van der Waals surface area contributed by atoms with Crippen LogP contribution >= 0.6 is 0 Å². The highest BCUT2D eigenvalue weighted by molar-refractivity contribution is 4.74. The molecule has 0 aromatic carbocycles. The molecular weight excluding hydrogens is 220 g/mol. The van der Waals surface area contributed by atoms with Crippen LogP contribution in [0.4, 0.5) is 0 Å². The van der Waals surface area contributed by atoms with Gasteiger partial charge in [0.25, 0.3) is 0 Å². The highest BCUT2D eigenvalue weighted by Crippen LogP contribution is 2.14. The zero-order valence-corrected chi connectivity index (χ0v) is 12.9. The number of hydrogen-bond donors (Lipinski definition) is 1. The third kappa shape index (κ3) is 6.75. The normalized spacial score (nSPS) is 20.8. The molecule has 2 nitrogen and oxygen atoms in total. The van der Waals surface area contributed by atoms with Crippen molar-refractivity contribution in [1.82, 2.24) is 10.2 Å². The minimum absolute atomic E-state index is 0.707. The van der Waals surface area contributed by atoms with Crippen molar-refractivity contribution in [2.24, 2.45) is 5.92 Å². The van der Waals surface area contributed by atoms with Gasteiger partial charge in [-0.15, -0.1) is 0 Å². The van der Waals surface area contributed by atoms with Crippen molar-refractivity contribution in [2.75, 3.05) is 26.2 Å². The maximum atomic E-state index is 3.54. The van der Waals surface area contributed by atoms with Crippen LogP contribution in [0.1, 0.15) is 65.7 Å². The van der Waals surface area contributed by atoms with Crippen LogP contribution in [0, 0.1) is 5.92 Å². The molecule has 1 fully saturated rings. The summed E-state index contributed by atoms with van der Waals surface area (Å²) < 4.78 is 0. The fraction of sp³-hybridized carbons (Fsp3) is 1.00. The van der Waals surface area contributed by atoms with E-state index in [4.69, 9.17) is 0 Å². The van der Waals surface area contributed by atoms with E-state index in [1.165, 1.54) is 71.1 Å². The summed E-state index contributed by atoms with van der Waals surface area (Å²) in [5.41, 5.74) is 0. The van der Waals surface area contributed by atoms with Gasteiger partial charge in [0.2, 0.25) is 0 Å². The van der Waals surface area contributed by atoms with E-state index in [-0.39, 0.29) is 0 Å². The van der Waals surface area contributed by atoms with E-state index in [1.807, 2.05) is 0 Å². The van der Waals surface area contributed by atoms with Gasteiger partial charge >= 0.3 is 0 Å². The highest BCUT2D eigenvalue weighted by Gasteiger charge is 2.18. The number of piperidine rings is 1. The molecule has 1 rings (SSSR count). The van der Waals surface area contributed by atoms with Crippen molar-refractivity contribution in [2.45, 2.75) is 71.8 Å². The molecule has 1 heterocycles. The second-order valence-electron chi connectivity index (χ2n) is 6.22. The second kappa shape index (κ2) is 9.80. The van der Waals surface area contributed by atoms with Crippen molar-refractivity contribution >= 4 is 0 Å². The molecule has 1 atom stereocenters. The molecule has 1 unspecified atom stereocenters. The summed E-state index contributed by atoms with van der Waals surface area (Å²) in [5, 5.41) is 3.54. The lowest BCUT2D eigenvalue weighted by atomic mass is 9.98. The van der Waals surface area contributed by atoms with Crippen LogP contribution in [0.5, 0.6) is 0 Å². The van der Waals surface area contributed by atoms with E-state index in [1.54, 1.807) is 0 Å². The molecule has 0 bridgehead atoms. The molecule has 1 saturated heterocycles. The van der Waals surface area contributed by atoms with Crippen LogP contribution in [-0.4, -0.2) is 37.1 Å². The summed E-state index contributed by atoms with van der Waals surface area (Å²) in [6.45, 7) is 12.1. The summed E-state index contributed by atoms with van der Waals surface area (Å²) in [6.07, 6.45) is 9.78. The lowest BCUT2D eigenvalue weighted by Gasteiger charge is -2.32. The standard InChI is InChI=1S/C16H34N2/c1-4-5-6-7-8-12-18(15(2)3)14-16-10-9-11-17-13-16/h15-17H,4-14H2,1-3H3. The van der Waals surface area contributed by atoms with Gasteiger partial charge in [0.15, 0.2) is 0 Å². The first-order valence-corrected chi connectivity index (χ1v) is 8.18. The Hall–Kier alpha value is -0.0800. The molecule has 108 valence electrons. The van der Waals surface area contributed by atoms with Crippen molar-refractivity contribution in [1.29, 1.82) is 0 Å². The monoisotopic (exact) mass is 254 g/mol.